The van der Waals surface area contributed by atoms with Gasteiger partial charge >= 0.3 is 0 Å². The van der Waals surface area contributed by atoms with Crippen LogP contribution in [0, 0.1) is 7.14 Å². The molecule has 14 heteroatoms. The minimum Gasteiger partial charge on any atom is -0.383 e. The average Bonchev–Trinajstić information content (AvgIpc) is 3.52. The van der Waals surface area contributed by atoms with E-state index in [1.165, 1.54) is 6.33 Å². The molecule has 0 spiro atoms. The van der Waals surface area contributed by atoms with Gasteiger partial charge in [-0.05, 0) is 83.7 Å². The molecule has 5 N–H and O–H groups in total. The van der Waals surface area contributed by atoms with Crippen molar-refractivity contribution in [2.75, 3.05) is 31.1 Å². The normalized spacial score (nSPS) is 22.2. The van der Waals surface area contributed by atoms with E-state index in [-0.39, 0.29) is 5.91 Å². The summed E-state index contributed by atoms with van der Waals surface area (Å²) in [7, 11) is 0. The number of Topliss-reactive ketones (excluding diaryl/α,β-unsaturated/α-hetero) is 1. The molecule has 0 aromatic carbocycles. The molecule has 0 unspecified atom stereocenters. The molecule has 1 saturated heterocycles. The lowest BCUT2D eigenvalue weighted by Gasteiger charge is -2.38. The molecule has 7 rings (SSSR count). The summed E-state index contributed by atoms with van der Waals surface area (Å²) in [5, 5.41) is 4.79. The number of hydrogen-bond donors (Lipinski definition) is 3. The van der Waals surface area contributed by atoms with E-state index in [0.29, 0.717) is 54.9 Å². The SMILES string of the molecule is Nc1ncnc2c1c(I)cn2C1CCC(=O)CC1.Nc1ncnc2c1c(I)cn2C1CCC(N2CCNC(=O)C2)CC1. The van der Waals surface area contributed by atoms with E-state index in [4.69, 9.17) is 11.5 Å². The molecule has 0 bridgehead atoms. The topological polar surface area (TPSA) is 163 Å². The van der Waals surface area contributed by atoms with Crippen LogP contribution in [0.15, 0.2) is 25.0 Å². The van der Waals surface area contributed by atoms with Crippen LogP contribution in [-0.4, -0.2) is 71.3 Å². The number of rotatable bonds is 3. The first kappa shape index (κ1) is 29.5. The van der Waals surface area contributed by atoms with Crippen LogP contribution in [0.25, 0.3) is 22.1 Å². The molecule has 4 aromatic heterocycles. The van der Waals surface area contributed by atoms with Crippen molar-refractivity contribution in [3.63, 3.8) is 0 Å². The molecular weight excluding hydrogens is 762 g/mol. The third kappa shape index (κ3) is 5.93. The van der Waals surface area contributed by atoms with Crippen LogP contribution >= 0.6 is 45.2 Å². The number of carbonyl (C=O) groups is 2. The zero-order chi connectivity index (χ0) is 29.4. The van der Waals surface area contributed by atoms with Crippen molar-refractivity contribution < 1.29 is 9.59 Å². The molecule has 3 aliphatic rings. The Morgan fingerprint density at radius 3 is 1.76 bits per heavy atom. The van der Waals surface area contributed by atoms with E-state index >= 15 is 0 Å². The van der Waals surface area contributed by atoms with Crippen LogP contribution < -0.4 is 16.8 Å². The number of ketones is 1. The summed E-state index contributed by atoms with van der Waals surface area (Å²) in [5.41, 5.74) is 13.7. The fourth-order valence-corrected chi connectivity index (χ4v) is 8.19. The molecule has 2 saturated carbocycles. The van der Waals surface area contributed by atoms with Gasteiger partial charge in [-0.15, -0.1) is 0 Å². The lowest BCUT2D eigenvalue weighted by atomic mass is 9.89. The van der Waals surface area contributed by atoms with Crippen LogP contribution in [0.2, 0.25) is 0 Å². The van der Waals surface area contributed by atoms with Crippen molar-refractivity contribution >= 4 is 90.6 Å². The summed E-state index contributed by atoms with van der Waals surface area (Å²) in [6.07, 6.45) is 14.8. The predicted molar refractivity (Wildman–Crippen MR) is 178 cm³/mol. The quantitative estimate of drug-likeness (QED) is 0.262. The number of nitrogens with two attached hydrogens (primary N) is 2. The molecule has 42 heavy (non-hydrogen) atoms. The summed E-state index contributed by atoms with van der Waals surface area (Å²) in [6, 6.07) is 1.32. The summed E-state index contributed by atoms with van der Waals surface area (Å²) in [4.78, 5) is 42.2. The lowest BCUT2D eigenvalue weighted by molar-refractivity contribution is -0.125. The molecular formula is C28H34I2N10O2. The monoisotopic (exact) mass is 796 g/mol. The van der Waals surface area contributed by atoms with Crippen LogP contribution in [-0.2, 0) is 9.59 Å². The van der Waals surface area contributed by atoms with E-state index < -0.39 is 0 Å². The third-order valence-corrected chi connectivity index (χ3v) is 10.4. The standard InChI is InChI=1S/C16H21IN6O.C12H13IN4O/c17-12-7-23(16-14(12)15(18)20-9-21-16)11-3-1-10(2-4-11)22-6-5-19-13(24)8-22;13-9-5-17(7-1-3-8(18)4-2-7)12-10(9)11(14)15-6-16-12/h7,9-11H,1-6,8H2,(H,19,24)(H2,18,20,21);5-7H,1-4H2,(H2,14,15,16). The predicted octanol–water partition coefficient (Wildman–Crippen LogP) is 3.84. The first-order valence-corrected chi connectivity index (χ1v) is 16.5. The van der Waals surface area contributed by atoms with Gasteiger partial charge in [-0.25, -0.2) is 19.9 Å². The van der Waals surface area contributed by atoms with Crippen molar-refractivity contribution in [3.05, 3.63) is 32.2 Å². The van der Waals surface area contributed by atoms with E-state index in [0.717, 1.165) is 80.8 Å². The van der Waals surface area contributed by atoms with E-state index in [2.05, 4.69) is 96.9 Å². The van der Waals surface area contributed by atoms with Gasteiger partial charge in [0.1, 0.15) is 41.4 Å². The smallest absolute Gasteiger partial charge is 0.234 e. The van der Waals surface area contributed by atoms with Crippen LogP contribution in [0.4, 0.5) is 11.6 Å². The number of anilines is 2. The number of carbonyl (C=O) groups excluding carboxylic acids is 2. The molecule has 1 aliphatic heterocycles. The Bertz CT molecular complexity index is 1620. The minimum absolute atomic E-state index is 0.154. The number of hydrogen-bond acceptors (Lipinski definition) is 9. The number of nitrogen functional groups attached to an aromatic ring is 2. The Hall–Kier alpha value is -2.60. The maximum Gasteiger partial charge on any atom is 0.234 e. The van der Waals surface area contributed by atoms with Crippen molar-refractivity contribution in [2.24, 2.45) is 0 Å². The summed E-state index contributed by atoms with van der Waals surface area (Å²) in [6.45, 7) is 2.29. The zero-order valence-corrected chi connectivity index (χ0v) is 27.5. The van der Waals surface area contributed by atoms with Crippen molar-refractivity contribution in [1.29, 1.82) is 0 Å². The summed E-state index contributed by atoms with van der Waals surface area (Å²) >= 11 is 4.57. The Kier molecular flexibility index (Phi) is 8.81. The Morgan fingerprint density at radius 2 is 1.24 bits per heavy atom. The van der Waals surface area contributed by atoms with Crippen molar-refractivity contribution in [3.8, 4) is 0 Å². The molecule has 12 nitrogen and oxygen atoms in total. The number of fused-ring (bicyclic) bond motifs is 2. The second-order valence-corrected chi connectivity index (χ2v) is 13.6. The molecule has 222 valence electrons. The van der Waals surface area contributed by atoms with Gasteiger partial charge < -0.3 is 25.9 Å². The highest BCUT2D eigenvalue weighted by Gasteiger charge is 2.30. The molecule has 4 aromatic rings. The molecule has 5 heterocycles. The highest BCUT2D eigenvalue weighted by atomic mass is 127. The van der Waals surface area contributed by atoms with Gasteiger partial charge in [-0.1, -0.05) is 0 Å². The van der Waals surface area contributed by atoms with Gasteiger partial charge in [-0.3, -0.25) is 14.5 Å². The Labute approximate surface area is 270 Å². The van der Waals surface area contributed by atoms with Crippen LogP contribution in [0.5, 0.6) is 0 Å². The minimum atomic E-state index is 0.154. The van der Waals surface area contributed by atoms with Gasteiger partial charge in [0.2, 0.25) is 5.91 Å². The highest BCUT2D eigenvalue weighted by molar-refractivity contribution is 14.1. The van der Waals surface area contributed by atoms with Gasteiger partial charge in [0, 0.05) is 63.6 Å². The van der Waals surface area contributed by atoms with Gasteiger partial charge in [-0.2, -0.15) is 0 Å². The van der Waals surface area contributed by atoms with Crippen molar-refractivity contribution in [2.45, 2.75) is 69.5 Å². The fraction of sp³-hybridized carbons (Fsp3) is 0.500. The van der Waals surface area contributed by atoms with Gasteiger partial charge in [0.15, 0.2) is 0 Å². The largest absolute Gasteiger partial charge is 0.383 e. The maximum atomic E-state index is 11.6. The molecule has 3 fully saturated rings. The summed E-state index contributed by atoms with van der Waals surface area (Å²) < 4.78 is 6.60. The number of nitrogens with zero attached hydrogens (tertiary/aromatic N) is 7. The lowest BCUT2D eigenvalue weighted by Crippen LogP contribution is -2.52. The number of amides is 1. The molecule has 1 amide bonds. The van der Waals surface area contributed by atoms with Gasteiger partial charge in [0.05, 0.1) is 17.3 Å². The van der Waals surface area contributed by atoms with E-state index in [1.807, 2.05) is 0 Å². The number of aromatic nitrogens is 6. The number of halogens is 2. The zero-order valence-electron chi connectivity index (χ0n) is 23.2. The average molecular weight is 796 g/mol. The van der Waals surface area contributed by atoms with E-state index in [9.17, 15) is 9.59 Å². The highest BCUT2D eigenvalue weighted by Crippen LogP contribution is 2.36. The second kappa shape index (κ2) is 12.6. The Balaban J connectivity index is 0.000000157. The fourth-order valence-electron chi connectivity index (χ4n) is 6.56. The van der Waals surface area contributed by atoms with Crippen LogP contribution in [0.3, 0.4) is 0 Å². The van der Waals surface area contributed by atoms with Crippen molar-refractivity contribution in [1.82, 2.24) is 39.3 Å². The van der Waals surface area contributed by atoms with Crippen LogP contribution in [0.1, 0.15) is 63.5 Å². The molecule has 0 radical (unpaired) electrons. The van der Waals surface area contributed by atoms with Gasteiger partial charge in [0.25, 0.3) is 0 Å². The molecule has 2 aliphatic carbocycles. The maximum absolute atomic E-state index is 11.6. The summed E-state index contributed by atoms with van der Waals surface area (Å²) in [5.74, 6) is 1.60. The first-order chi connectivity index (χ1) is 20.3. The molecule has 0 atom stereocenters. The number of nitrogens with one attached hydrogen (secondary N) is 1. The second-order valence-electron chi connectivity index (χ2n) is 11.2. The Morgan fingerprint density at radius 1 is 0.738 bits per heavy atom. The first-order valence-electron chi connectivity index (χ1n) is 14.4. The van der Waals surface area contributed by atoms with E-state index in [1.54, 1.807) is 6.33 Å². The third-order valence-electron chi connectivity index (χ3n) is 8.73. The number of piperazine rings is 1.